The van der Waals surface area contributed by atoms with Crippen LogP contribution in [0.25, 0.3) is 130 Å². The van der Waals surface area contributed by atoms with Crippen LogP contribution >= 0.6 is 0 Å². The van der Waals surface area contributed by atoms with E-state index in [9.17, 15) is 0 Å². The van der Waals surface area contributed by atoms with Crippen LogP contribution < -0.4 is 29.4 Å². The van der Waals surface area contributed by atoms with Gasteiger partial charge in [0.15, 0.2) is 0 Å². The second kappa shape index (κ2) is 36.3. The Morgan fingerprint density at radius 3 is 0.791 bits per heavy atom. The van der Waals surface area contributed by atoms with E-state index in [1.807, 2.05) is 0 Å². The average Bonchev–Trinajstić information content (AvgIpc) is 0.716. The molecule has 0 aromatic heterocycles. The molecule has 6 nitrogen and oxygen atoms in total. The van der Waals surface area contributed by atoms with Crippen molar-refractivity contribution in [2.75, 3.05) is 50.5 Å². The number of nitrogens with zero attached hydrogens (tertiary/aromatic N) is 6. The van der Waals surface area contributed by atoms with E-state index in [2.05, 4.69) is 567 Å². The third-order valence-corrected chi connectivity index (χ3v) is 26.6. The van der Waals surface area contributed by atoms with Crippen molar-refractivity contribution in [3.63, 3.8) is 0 Å². The van der Waals surface area contributed by atoms with Crippen LogP contribution in [-0.2, 0) is 0 Å². The van der Waals surface area contributed by atoms with E-state index in [4.69, 9.17) is 0 Å². The molecular formula is C128H96N6. The first-order chi connectivity index (χ1) is 66.1. The fraction of sp³-hybridized carbons (Fsp3) is 0.0312. The molecule has 0 spiro atoms. The van der Waals surface area contributed by atoms with Crippen molar-refractivity contribution in [2.45, 2.75) is 6.92 Å². The van der Waals surface area contributed by atoms with Gasteiger partial charge in [-0.1, -0.05) is 345 Å². The normalized spacial score (nSPS) is 11.3. The van der Waals surface area contributed by atoms with Gasteiger partial charge in [-0.25, -0.2) is 0 Å². The Balaban J connectivity index is 0.000000118. The molecule has 0 aliphatic rings. The molecule has 0 atom stereocenters. The lowest BCUT2D eigenvalue weighted by Crippen LogP contribution is -2.10. The van der Waals surface area contributed by atoms with E-state index < -0.39 is 0 Å². The van der Waals surface area contributed by atoms with Gasteiger partial charge in [-0.2, -0.15) is 0 Å². The second-order valence-electron chi connectivity index (χ2n) is 34.6. The van der Waals surface area contributed by atoms with Crippen molar-refractivity contribution in [3.05, 3.63) is 515 Å². The summed E-state index contributed by atoms with van der Waals surface area (Å²) in [6, 6.07) is 184. The third-order valence-electron chi connectivity index (χ3n) is 26.6. The standard InChI is InChI=1S/C49H34N2.C43H32N2.C36H30N2/c1-50(47-31-30-45-43-17-8-13-36-12-7-16-42(48(36)43)44-18-9-19-46(47)49(44)45)38-25-20-34(21-26-38)35-22-27-40(28-23-35)51(39-14-3-2-4-15-39)41-29-24-33-10-5-6-11-37(33)32-41;1-44(43-30-35-13-7-8-16-40(35)41-17-9-10-18-42(41)43)36-24-19-32(20-25-36)33-21-26-38(27-22-33)45(37-14-3-2-4-15-37)39-28-23-31-11-5-6-12-34(31)29-39;1-27-12-19-32(20-13-27)37(2)33-21-14-29(15-22-33)30-16-23-35(24-17-30)38(34-10-4-3-5-11-34)36-25-18-28-8-6-7-9-31(28)26-36/h2-32H,1H3;2-30H,1H3;3-26H,1-2H3. The molecule has 6 heteroatoms. The van der Waals surface area contributed by atoms with Gasteiger partial charge < -0.3 is 29.4 Å². The van der Waals surface area contributed by atoms with Crippen LogP contribution in [0.4, 0.5) is 85.3 Å². The van der Waals surface area contributed by atoms with Crippen LogP contribution in [0.1, 0.15) is 5.56 Å². The highest BCUT2D eigenvalue weighted by Gasteiger charge is 2.22. The van der Waals surface area contributed by atoms with Crippen molar-refractivity contribution >= 4 is 182 Å². The minimum absolute atomic E-state index is 1.12. The zero-order chi connectivity index (χ0) is 90.0. The van der Waals surface area contributed by atoms with E-state index in [0.717, 1.165) is 62.6 Å². The molecule has 0 saturated heterocycles. The van der Waals surface area contributed by atoms with Crippen LogP contribution in [0.15, 0.2) is 510 Å². The van der Waals surface area contributed by atoms with Gasteiger partial charge in [0.05, 0.1) is 0 Å². The Morgan fingerprint density at radius 2 is 0.396 bits per heavy atom. The Labute approximate surface area is 782 Å². The molecule has 0 fully saturated rings. The number of anilines is 15. The quantitative estimate of drug-likeness (QED) is 0.0625. The van der Waals surface area contributed by atoms with Crippen LogP contribution in [0, 0.1) is 6.92 Å². The maximum absolute atomic E-state index is 2.33. The molecule has 0 aliphatic carbocycles. The molecule has 0 saturated carbocycles. The number of fused-ring (bicyclic) bond motifs is 8. The number of hydrogen-bond donors (Lipinski definition) is 0. The van der Waals surface area contributed by atoms with Gasteiger partial charge in [-0.15, -0.1) is 0 Å². The summed E-state index contributed by atoms with van der Waals surface area (Å²) in [4.78, 5) is 13.8. The first-order valence-electron chi connectivity index (χ1n) is 46.0. The summed E-state index contributed by atoms with van der Waals surface area (Å²) in [6.07, 6.45) is 0. The lowest BCUT2D eigenvalue weighted by Gasteiger charge is -2.26. The Bertz CT molecular complexity index is 8270. The Morgan fingerprint density at radius 1 is 0.134 bits per heavy atom. The summed E-state index contributed by atoms with van der Waals surface area (Å²) in [5, 5.41) is 23.0. The van der Waals surface area contributed by atoms with Gasteiger partial charge in [0.1, 0.15) is 0 Å². The van der Waals surface area contributed by atoms with Crippen molar-refractivity contribution in [1.82, 2.24) is 0 Å². The first-order valence-corrected chi connectivity index (χ1v) is 46.0. The maximum Gasteiger partial charge on any atom is 0.0494 e. The summed E-state index contributed by atoms with van der Waals surface area (Å²) in [7, 11) is 6.45. The van der Waals surface area contributed by atoms with Gasteiger partial charge in [-0.3, -0.25) is 0 Å². The van der Waals surface area contributed by atoms with Crippen LogP contribution in [-0.4, -0.2) is 21.1 Å². The molecule has 0 radical (unpaired) electrons. The molecule has 638 valence electrons. The van der Waals surface area contributed by atoms with E-state index >= 15 is 0 Å². The molecule has 0 aliphatic heterocycles. The number of rotatable bonds is 18. The fourth-order valence-corrected chi connectivity index (χ4v) is 19.5. The highest BCUT2D eigenvalue weighted by atomic mass is 15.2. The molecule has 0 amide bonds. The van der Waals surface area contributed by atoms with E-state index in [-0.39, 0.29) is 0 Å². The molecule has 0 unspecified atom stereocenters. The lowest BCUT2D eigenvalue weighted by atomic mass is 9.89. The highest BCUT2D eigenvalue weighted by Crippen LogP contribution is 2.47. The van der Waals surface area contributed by atoms with Gasteiger partial charge in [0.2, 0.25) is 0 Å². The van der Waals surface area contributed by atoms with Gasteiger partial charge in [0, 0.05) is 117 Å². The summed E-state index contributed by atoms with van der Waals surface area (Å²) in [5.41, 5.74) is 25.7. The van der Waals surface area contributed by atoms with Crippen molar-refractivity contribution < 1.29 is 0 Å². The molecule has 0 heterocycles. The van der Waals surface area contributed by atoms with Gasteiger partial charge >= 0.3 is 0 Å². The summed E-state index contributed by atoms with van der Waals surface area (Å²) in [5.74, 6) is 0. The molecule has 0 bridgehead atoms. The minimum Gasteiger partial charge on any atom is -0.345 e. The first kappa shape index (κ1) is 82.4. The molecule has 24 aromatic rings. The smallest absolute Gasteiger partial charge is 0.0494 e. The molecule has 134 heavy (non-hydrogen) atoms. The Kier molecular flexibility index (Phi) is 22.3. The number of benzene rings is 24. The van der Waals surface area contributed by atoms with Crippen LogP contribution in [0.2, 0.25) is 0 Å². The molecule has 24 rings (SSSR count). The van der Waals surface area contributed by atoms with E-state index in [1.165, 1.54) is 159 Å². The number of aryl methyl sites for hydroxylation is 1. The second-order valence-corrected chi connectivity index (χ2v) is 34.6. The Hall–Kier alpha value is -17.3. The fourth-order valence-electron chi connectivity index (χ4n) is 19.5. The predicted molar refractivity (Wildman–Crippen MR) is 577 cm³/mol. The topological polar surface area (TPSA) is 19.4 Å². The maximum atomic E-state index is 2.33. The minimum atomic E-state index is 1.12. The SMILES string of the molecule is CN(c1ccc(-c2ccc(N(c3ccccc3)c3ccc4ccccc4c3)cc2)cc1)c1cc2ccccc2c2ccccc12.CN(c1ccc(-c2ccc(N(c3ccccc3)c3ccc4ccccc4c3)cc2)cc1)c1ccc2c3cccc4cccc(c5cccc1c52)c43.Cc1ccc(N(C)c2ccc(-c3ccc(N(c4ccccc4)c4ccc5ccccc5c4)cc3)cc2)cc1. The average molecular weight is 1720 g/mol. The monoisotopic (exact) mass is 1720 g/mol. The third kappa shape index (κ3) is 16.3. The predicted octanol–water partition coefficient (Wildman–Crippen LogP) is 35.9. The van der Waals surface area contributed by atoms with Crippen molar-refractivity contribution in [1.29, 1.82) is 0 Å². The highest BCUT2D eigenvalue weighted by molar-refractivity contribution is 6.34. The van der Waals surface area contributed by atoms with E-state index in [0.29, 0.717) is 0 Å². The number of hydrogen-bond acceptors (Lipinski definition) is 6. The molecular weight excluding hydrogens is 1620 g/mol. The molecule has 24 aromatic carbocycles. The summed E-state index contributed by atoms with van der Waals surface area (Å²) in [6.45, 7) is 2.12. The zero-order valence-corrected chi connectivity index (χ0v) is 75.2. The largest absolute Gasteiger partial charge is 0.345 e. The van der Waals surface area contributed by atoms with Gasteiger partial charge in [-0.05, 0) is 296 Å². The van der Waals surface area contributed by atoms with E-state index in [1.54, 1.807) is 0 Å². The summed E-state index contributed by atoms with van der Waals surface area (Å²) >= 11 is 0. The van der Waals surface area contributed by atoms with Crippen LogP contribution in [0.3, 0.4) is 0 Å². The van der Waals surface area contributed by atoms with Gasteiger partial charge in [0.25, 0.3) is 0 Å². The molecule has 0 N–H and O–H groups in total. The van der Waals surface area contributed by atoms with Crippen LogP contribution in [0.5, 0.6) is 0 Å². The number of para-hydroxylation sites is 3. The van der Waals surface area contributed by atoms with Crippen molar-refractivity contribution in [3.8, 4) is 33.4 Å². The van der Waals surface area contributed by atoms with Crippen molar-refractivity contribution in [2.24, 2.45) is 0 Å². The zero-order valence-electron chi connectivity index (χ0n) is 75.2. The lowest BCUT2D eigenvalue weighted by molar-refractivity contribution is 1.20. The summed E-state index contributed by atoms with van der Waals surface area (Å²) < 4.78 is 0.